The van der Waals surface area contributed by atoms with Gasteiger partial charge >= 0.3 is 6.03 Å². The Morgan fingerprint density at radius 2 is 1.23 bits per heavy atom. The first-order valence-electron chi connectivity index (χ1n) is 8.44. The van der Waals surface area contributed by atoms with Crippen molar-refractivity contribution in [3.8, 4) is 0 Å². The Kier molecular flexibility index (Phi) is 7.85. The number of carbonyl (C=O) groups is 3. The van der Waals surface area contributed by atoms with Crippen LogP contribution in [0.15, 0.2) is 11.1 Å². The van der Waals surface area contributed by atoms with E-state index in [1.807, 2.05) is 0 Å². The highest BCUT2D eigenvalue weighted by Gasteiger charge is 2.40. The summed E-state index contributed by atoms with van der Waals surface area (Å²) in [4.78, 5) is 36.5. The van der Waals surface area contributed by atoms with Gasteiger partial charge in [0, 0.05) is 11.1 Å². The molecule has 0 aromatic rings. The summed E-state index contributed by atoms with van der Waals surface area (Å²) >= 11 is 0. The van der Waals surface area contributed by atoms with Crippen LogP contribution in [0.25, 0.3) is 0 Å². The van der Waals surface area contributed by atoms with Crippen LogP contribution in [-0.2, 0) is 9.59 Å². The molecule has 0 radical (unpaired) electrons. The van der Waals surface area contributed by atoms with E-state index in [4.69, 9.17) is 5.73 Å². The van der Waals surface area contributed by atoms with Crippen LogP contribution in [0.2, 0.25) is 0 Å². The van der Waals surface area contributed by atoms with Crippen LogP contribution >= 0.6 is 0 Å². The molecule has 0 spiro atoms. The summed E-state index contributed by atoms with van der Waals surface area (Å²) in [6.07, 6.45) is 9.38. The van der Waals surface area contributed by atoms with Crippen LogP contribution in [0.1, 0.15) is 78.1 Å². The van der Waals surface area contributed by atoms with E-state index in [9.17, 15) is 14.4 Å². The first-order chi connectivity index (χ1) is 10.5. The topological polar surface area (TPSA) is 80.5 Å². The zero-order chi connectivity index (χ0) is 16.5. The minimum Gasteiger partial charge on any atom is -0.351 e. The summed E-state index contributed by atoms with van der Waals surface area (Å²) in [5.74, 6) is -1.00. The molecular weight excluding hydrogens is 280 g/mol. The molecule has 4 amide bonds. The van der Waals surface area contributed by atoms with Crippen LogP contribution < -0.4 is 5.73 Å². The largest absolute Gasteiger partial charge is 0.351 e. The quantitative estimate of drug-likeness (QED) is 0.494. The molecule has 0 bridgehead atoms. The van der Waals surface area contributed by atoms with Gasteiger partial charge in [-0.25, -0.2) is 4.79 Å². The number of primary amides is 1. The summed E-state index contributed by atoms with van der Waals surface area (Å²) < 4.78 is 0. The number of carbonyl (C=O) groups excluding carboxylic acids is 3. The van der Waals surface area contributed by atoms with Crippen LogP contribution in [-0.4, -0.2) is 22.7 Å². The monoisotopic (exact) mass is 308 g/mol. The first kappa shape index (κ1) is 18.4. The summed E-state index contributed by atoms with van der Waals surface area (Å²) in [6.45, 7) is 4.25. The molecule has 0 unspecified atom stereocenters. The van der Waals surface area contributed by atoms with Crippen LogP contribution in [0.3, 0.4) is 0 Å². The van der Waals surface area contributed by atoms with E-state index in [1.165, 1.54) is 0 Å². The lowest BCUT2D eigenvalue weighted by Crippen LogP contribution is -2.41. The van der Waals surface area contributed by atoms with Gasteiger partial charge in [-0.15, -0.1) is 0 Å². The summed E-state index contributed by atoms with van der Waals surface area (Å²) in [7, 11) is 0. The van der Waals surface area contributed by atoms with Crippen molar-refractivity contribution in [3.05, 3.63) is 11.1 Å². The number of imide groups is 3. The van der Waals surface area contributed by atoms with Crippen molar-refractivity contribution in [3.63, 3.8) is 0 Å². The van der Waals surface area contributed by atoms with Gasteiger partial charge in [-0.3, -0.25) is 9.59 Å². The fourth-order valence-corrected chi connectivity index (χ4v) is 2.79. The lowest BCUT2D eigenvalue weighted by Gasteiger charge is -2.09. The predicted octanol–water partition coefficient (Wildman–Crippen LogP) is 3.67. The van der Waals surface area contributed by atoms with E-state index >= 15 is 0 Å². The fourth-order valence-electron chi connectivity index (χ4n) is 2.79. The lowest BCUT2D eigenvalue weighted by atomic mass is 9.98. The second-order valence-electron chi connectivity index (χ2n) is 5.86. The van der Waals surface area contributed by atoms with E-state index in [0.717, 1.165) is 51.4 Å². The number of hydrogen-bond donors (Lipinski definition) is 1. The van der Waals surface area contributed by atoms with Crippen molar-refractivity contribution >= 4 is 17.8 Å². The lowest BCUT2D eigenvalue weighted by molar-refractivity contribution is -0.133. The van der Waals surface area contributed by atoms with Gasteiger partial charge in [0.2, 0.25) is 0 Å². The molecule has 22 heavy (non-hydrogen) atoms. The van der Waals surface area contributed by atoms with Crippen LogP contribution in [0.4, 0.5) is 4.79 Å². The molecule has 5 nitrogen and oxygen atoms in total. The third kappa shape index (κ3) is 4.68. The van der Waals surface area contributed by atoms with Crippen molar-refractivity contribution in [2.75, 3.05) is 0 Å². The molecule has 1 rings (SSSR count). The van der Waals surface area contributed by atoms with Gasteiger partial charge in [0.1, 0.15) is 0 Å². The fraction of sp³-hybridized carbons (Fsp3) is 0.706. The second-order valence-corrected chi connectivity index (χ2v) is 5.86. The van der Waals surface area contributed by atoms with E-state index in [1.54, 1.807) is 0 Å². The van der Waals surface area contributed by atoms with Crippen molar-refractivity contribution in [2.24, 2.45) is 5.73 Å². The molecular formula is C17H28N2O3. The van der Waals surface area contributed by atoms with E-state index in [-0.39, 0.29) is 0 Å². The number of unbranched alkanes of at least 4 members (excludes halogenated alkanes) is 6. The third-order valence-electron chi connectivity index (χ3n) is 4.07. The molecule has 1 aliphatic heterocycles. The number of amides is 4. The average Bonchev–Trinajstić information content (AvgIpc) is 2.71. The molecule has 0 fully saturated rings. The Morgan fingerprint density at radius 1 is 0.818 bits per heavy atom. The summed E-state index contributed by atoms with van der Waals surface area (Å²) in [6, 6.07) is -0.968. The number of nitrogens with zero attached hydrogens (tertiary/aromatic N) is 1. The van der Waals surface area contributed by atoms with Gasteiger partial charge in [-0.2, -0.15) is 4.90 Å². The number of urea groups is 1. The third-order valence-corrected chi connectivity index (χ3v) is 4.07. The number of nitrogens with two attached hydrogens (primary N) is 1. The molecule has 1 aliphatic rings. The highest BCUT2D eigenvalue weighted by atomic mass is 16.2. The molecule has 124 valence electrons. The standard InChI is InChI=1S/C17H28N2O3/c1-3-5-7-9-11-13-14(12-10-8-6-4-2)16(21)19(15(13)20)17(18)22/h3-12H2,1-2H3,(H2,18,22). The zero-order valence-corrected chi connectivity index (χ0v) is 13.8. The Hall–Kier alpha value is -1.65. The van der Waals surface area contributed by atoms with Crippen molar-refractivity contribution in [1.29, 1.82) is 0 Å². The van der Waals surface area contributed by atoms with Crippen molar-refractivity contribution in [2.45, 2.75) is 78.1 Å². The molecule has 0 saturated heterocycles. The van der Waals surface area contributed by atoms with Crippen LogP contribution in [0.5, 0.6) is 0 Å². The first-order valence-corrected chi connectivity index (χ1v) is 8.44. The summed E-state index contributed by atoms with van der Waals surface area (Å²) in [5.41, 5.74) is 6.20. The maximum absolute atomic E-state index is 12.3. The normalized spacial score (nSPS) is 15.1. The number of rotatable bonds is 10. The Labute approximate surface area is 132 Å². The van der Waals surface area contributed by atoms with Gasteiger partial charge in [0.05, 0.1) is 0 Å². The SMILES string of the molecule is CCCCCCC1=C(CCCCCC)C(=O)N(C(N)=O)C1=O. The molecule has 0 aromatic carbocycles. The van der Waals surface area contributed by atoms with Crippen molar-refractivity contribution in [1.82, 2.24) is 4.90 Å². The minimum absolute atomic E-state index is 0.500. The van der Waals surface area contributed by atoms with Crippen LogP contribution in [0, 0.1) is 0 Å². The van der Waals surface area contributed by atoms with Gasteiger partial charge in [0.15, 0.2) is 0 Å². The van der Waals surface area contributed by atoms with Gasteiger partial charge in [0.25, 0.3) is 11.8 Å². The maximum Gasteiger partial charge on any atom is 0.328 e. The molecule has 2 N–H and O–H groups in total. The molecule has 0 aromatic heterocycles. The van der Waals surface area contributed by atoms with E-state index in [0.29, 0.717) is 28.9 Å². The predicted molar refractivity (Wildman–Crippen MR) is 86.0 cm³/mol. The Morgan fingerprint density at radius 3 is 1.55 bits per heavy atom. The van der Waals surface area contributed by atoms with Crippen molar-refractivity contribution < 1.29 is 14.4 Å². The highest BCUT2D eigenvalue weighted by Crippen LogP contribution is 2.29. The molecule has 1 heterocycles. The molecule has 5 heteroatoms. The van der Waals surface area contributed by atoms with Gasteiger partial charge in [-0.05, 0) is 25.7 Å². The second kappa shape index (κ2) is 9.38. The zero-order valence-electron chi connectivity index (χ0n) is 13.8. The summed E-state index contributed by atoms with van der Waals surface area (Å²) in [5, 5.41) is 0. The average molecular weight is 308 g/mol. The number of hydrogen-bond acceptors (Lipinski definition) is 3. The minimum atomic E-state index is -0.968. The van der Waals surface area contributed by atoms with Gasteiger partial charge in [-0.1, -0.05) is 52.4 Å². The Balaban J connectivity index is 2.77. The molecule has 0 aliphatic carbocycles. The highest BCUT2D eigenvalue weighted by molar-refractivity contribution is 6.26. The van der Waals surface area contributed by atoms with Gasteiger partial charge < -0.3 is 5.73 Å². The maximum atomic E-state index is 12.3. The molecule has 0 atom stereocenters. The Bertz CT molecular complexity index is 421. The van der Waals surface area contributed by atoms with E-state index < -0.39 is 17.8 Å². The smallest absolute Gasteiger partial charge is 0.328 e. The molecule has 0 saturated carbocycles. The van der Waals surface area contributed by atoms with E-state index in [2.05, 4.69) is 13.8 Å².